The Labute approximate surface area is 170 Å². The molecule has 0 bridgehead atoms. The number of fused-ring (bicyclic) bond motifs is 1. The van der Waals surface area contributed by atoms with Crippen LogP contribution in [0.15, 0.2) is 23.5 Å². The van der Waals surface area contributed by atoms with E-state index in [0.717, 1.165) is 18.5 Å². The molecular formula is C19H26F3N5OS. The molecule has 2 aromatic rings. The smallest absolute Gasteiger partial charge is 0.327 e. The highest BCUT2D eigenvalue weighted by Gasteiger charge is 2.32. The summed E-state index contributed by atoms with van der Waals surface area (Å²) in [4.78, 5) is 10.9. The quantitative estimate of drug-likeness (QED) is 0.746. The zero-order chi connectivity index (χ0) is 20.4. The Kier molecular flexibility index (Phi) is 6.21. The van der Waals surface area contributed by atoms with Gasteiger partial charge in [-0.2, -0.15) is 13.2 Å². The average Bonchev–Trinajstić information content (AvgIpc) is 2.94. The van der Waals surface area contributed by atoms with E-state index in [1.165, 1.54) is 24.2 Å². The summed E-state index contributed by atoms with van der Waals surface area (Å²) in [6.45, 7) is 0.519. The lowest BCUT2D eigenvalue weighted by molar-refractivity contribution is -0.145. The monoisotopic (exact) mass is 429 g/mol. The maximum Gasteiger partial charge on any atom is 0.401 e. The number of alkyl halides is 3. The van der Waals surface area contributed by atoms with Gasteiger partial charge in [-0.15, -0.1) is 0 Å². The van der Waals surface area contributed by atoms with Crippen LogP contribution in [0.4, 0.5) is 13.2 Å². The van der Waals surface area contributed by atoms with E-state index in [2.05, 4.69) is 14.5 Å². The zero-order valence-electron chi connectivity index (χ0n) is 16.3. The minimum absolute atomic E-state index is 0.248. The van der Waals surface area contributed by atoms with Crippen molar-refractivity contribution in [2.45, 2.75) is 55.6 Å². The number of halogens is 3. The normalized spacial score (nSPS) is 22.0. The van der Waals surface area contributed by atoms with Gasteiger partial charge in [0.15, 0.2) is 5.65 Å². The average molecular weight is 430 g/mol. The Balaban J connectivity index is 1.55. The molecule has 1 unspecified atom stereocenters. The number of rotatable bonds is 4. The van der Waals surface area contributed by atoms with Crippen molar-refractivity contribution in [3.05, 3.63) is 18.6 Å². The molecule has 0 aromatic carbocycles. The molecule has 160 valence electrons. The Hall–Kier alpha value is -1.52. The van der Waals surface area contributed by atoms with Crippen LogP contribution in [0, 0.1) is 0 Å². The van der Waals surface area contributed by atoms with Crippen LogP contribution in [0.5, 0.6) is 0 Å². The Morgan fingerprint density at radius 1 is 1.00 bits per heavy atom. The molecule has 0 spiro atoms. The second kappa shape index (κ2) is 8.69. The Morgan fingerprint density at radius 3 is 2.52 bits per heavy atom. The molecule has 3 heterocycles. The number of nitrogens with zero attached hydrogens (tertiary/aromatic N) is 5. The first-order valence-corrected chi connectivity index (χ1v) is 11.3. The summed E-state index contributed by atoms with van der Waals surface area (Å²) in [6, 6.07) is 0.333. The van der Waals surface area contributed by atoms with Crippen molar-refractivity contribution in [1.29, 1.82) is 0 Å². The van der Waals surface area contributed by atoms with Crippen LogP contribution in [0.1, 0.15) is 44.6 Å². The fourth-order valence-electron chi connectivity index (χ4n) is 4.37. The first-order valence-electron chi connectivity index (χ1n) is 10.2. The molecule has 2 aliphatic rings. The number of hydrogen-bond donors (Lipinski definition) is 0. The second-order valence-corrected chi connectivity index (χ2v) is 9.30. The van der Waals surface area contributed by atoms with Gasteiger partial charge in [0, 0.05) is 44.3 Å². The van der Waals surface area contributed by atoms with Crippen LogP contribution in [0.2, 0.25) is 0 Å². The summed E-state index contributed by atoms with van der Waals surface area (Å²) >= 11 is 0. The third-order valence-corrected chi connectivity index (χ3v) is 7.26. The molecular weight excluding hydrogens is 403 g/mol. The summed E-state index contributed by atoms with van der Waals surface area (Å²) in [5.41, 5.74) is 1.38. The molecule has 4 rings (SSSR count). The van der Waals surface area contributed by atoms with Gasteiger partial charge >= 0.3 is 6.18 Å². The van der Waals surface area contributed by atoms with Crippen LogP contribution in [-0.4, -0.2) is 66.8 Å². The van der Waals surface area contributed by atoms with Crippen molar-refractivity contribution < 1.29 is 17.4 Å². The van der Waals surface area contributed by atoms with Crippen molar-refractivity contribution in [3.63, 3.8) is 0 Å². The van der Waals surface area contributed by atoms with E-state index in [4.69, 9.17) is 0 Å². The SMILES string of the molecule is O=S(c1cn(C2CCCCC2)c2nccnc12)N1CCCN(CC(F)(F)F)CC1. The summed E-state index contributed by atoms with van der Waals surface area (Å²) in [6.07, 6.45) is 7.22. The predicted octanol–water partition coefficient (Wildman–Crippen LogP) is 3.53. The minimum atomic E-state index is -4.21. The summed E-state index contributed by atoms with van der Waals surface area (Å²) in [5, 5.41) is 0. The molecule has 1 saturated heterocycles. The molecule has 2 aromatic heterocycles. The summed E-state index contributed by atoms with van der Waals surface area (Å²) in [7, 11) is -1.48. The van der Waals surface area contributed by atoms with Crippen LogP contribution < -0.4 is 0 Å². The highest BCUT2D eigenvalue weighted by Crippen LogP contribution is 2.33. The van der Waals surface area contributed by atoms with Gasteiger partial charge in [-0.3, -0.25) is 4.90 Å². The van der Waals surface area contributed by atoms with Crippen molar-refractivity contribution in [3.8, 4) is 0 Å². The predicted molar refractivity (Wildman–Crippen MR) is 105 cm³/mol. The fourth-order valence-corrected chi connectivity index (χ4v) is 5.70. The molecule has 6 nitrogen and oxygen atoms in total. The van der Waals surface area contributed by atoms with Gasteiger partial charge < -0.3 is 4.57 Å². The minimum Gasteiger partial charge on any atom is -0.327 e. The molecule has 1 aliphatic carbocycles. The first kappa shape index (κ1) is 20.7. The summed E-state index contributed by atoms with van der Waals surface area (Å²) in [5.74, 6) is 0. The molecule has 1 saturated carbocycles. The molecule has 0 N–H and O–H groups in total. The maximum absolute atomic E-state index is 13.4. The van der Waals surface area contributed by atoms with E-state index in [-0.39, 0.29) is 6.54 Å². The first-order chi connectivity index (χ1) is 13.9. The van der Waals surface area contributed by atoms with Gasteiger partial charge in [-0.05, 0) is 25.8 Å². The molecule has 10 heteroatoms. The lowest BCUT2D eigenvalue weighted by atomic mass is 9.95. The molecule has 29 heavy (non-hydrogen) atoms. The van der Waals surface area contributed by atoms with Crippen molar-refractivity contribution in [2.24, 2.45) is 0 Å². The highest BCUT2D eigenvalue weighted by molar-refractivity contribution is 7.83. The van der Waals surface area contributed by atoms with Gasteiger partial charge in [0.25, 0.3) is 0 Å². The van der Waals surface area contributed by atoms with Crippen LogP contribution in [0.25, 0.3) is 11.2 Å². The largest absolute Gasteiger partial charge is 0.401 e. The Bertz CT molecular complexity index is 865. The molecule has 0 radical (unpaired) electrons. The third-order valence-electron chi connectivity index (χ3n) is 5.75. The lowest BCUT2D eigenvalue weighted by Crippen LogP contribution is -2.37. The molecule has 1 atom stereocenters. The maximum atomic E-state index is 13.4. The van der Waals surface area contributed by atoms with Crippen LogP contribution in [-0.2, 0) is 11.0 Å². The number of hydrogen-bond acceptors (Lipinski definition) is 4. The van der Waals surface area contributed by atoms with E-state index in [9.17, 15) is 17.4 Å². The van der Waals surface area contributed by atoms with E-state index >= 15 is 0 Å². The van der Waals surface area contributed by atoms with E-state index in [1.54, 1.807) is 16.7 Å². The van der Waals surface area contributed by atoms with Gasteiger partial charge in [0.1, 0.15) is 21.4 Å². The van der Waals surface area contributed by atoms with Crippen LogP contribution in [0.3, 0.4) is 0 Å². The molecule has 1 aliphatic heterocycles. The standard InChI is InChI=1S/C19H26F3N5OS/c20-19(21,22)14-25-9-4-10-26(12-11-25)29(28)16-13-27(15-5-2-1-3-6-15)18-17(16)23-7-8-24-18/h7-8,13,15H,1-6,9-12,14H2. The Morgan fingerprint density at radius 2 is 1.76 bits per heavy atom. The van der Waals surface area contributed by atoms with Crippen molar-refractivity contribution in [1.82, 2.24) is 23.7 Å². The van der Waals surface area contributed by atoms with Crippen LogP contribution >= 0.6 is 0 Å². The van der Waals surface area contributed by atoms with Crippen molar-refractivity contribution in [2.75, 3.05) is 32.7 Å². The van der Waals surface area contributed by atoms with E-state index in [1.807, 2.05) is 6.20 Å². The number of aromatic nitrogens is 3. The second-order valence-electron chi connectivity index (χ2n) is 7.84. The van der Waals surface area contributed by atoms with E-state index in [0.29, 0.717) is 42.5 Å². The molecule has 2 fully saturated rings. The topological polar surface area (TPSA) is 54.3 Å². The van der Waals surface area contributed by atoms with Gasteiger partial charge in [-0.1, -0.05) is 19.3 Å². The van der Waals surface area contributed by atoms with Crippen molar-refractivity contribution >= 4 is 22.1 Å². The molecule has 0 amide bonds. The highest BCUT2D eigenvalue weighted by atomic mass is 32.2. The zero-order valence-corrected chi connectivity index (χ0v) is 17.1. The third kappa shape index (κ3) is 4.80. The summed E-state index contributed by atoms with van der Waals surface area (Å²) < 4.78 is 55.4. The van der Waals surface area contributed by atoms with Gasteiger partial charge in [-0.25, -0.2) is 18.5 Å². The van der Waals surface area contributed by atoms with Gasteiger partial charge in [0.2, 0.25) is 0 Å². The van der Waals surface area contributed by atoms with E-state index < -0.39 is 23.7 Å². The fraction of sp³-hybridized carbons (Fsp3) is 0.684. The van der Waals surface area contributed by atoms with Gasteiger partial charge in [0.05, 0.1) is 6.54 Å². The lowest BCUT2D eigenvalue weighted by Gasteiger charge is -2.23.